The smallest absolute Gasteiger partial charge is 0.200 e. The molecule has 21 heavy (non-hydrogen) atoms. The van der Waals surface area contributed by atoms with Crippen molar-refractivity contribution in [1.29, 1.82) is 0 Å². The maximum absolute atomic E-state index is 9.90. The average Bonchev–Trinajstić information content (AvgIpc) is 2.54. The molecular formula is C17H21NO3. The van der Waals surface area contributed by atoms with Gasteiger partial charge in [-0.1, -0.05) is 30.3 Å². The quantitative estimate of drug-likeness (QED) is 0.856. The molecule has 0 radical (unpaired) electrons. The molecular weight excluding hydrogens is 266 g/mol. The number of hydrogen-bond donors (Lipinski definition) is 2. The summed E-state index contributed by atoms with van der Waals surface area (Å²) in [6.07, 6.45) is 0. The molecule has 0 saturated heterocycles. The van der Waals surface area contributed by atoms with Gasteiger partial charge in [0.1, 0.15) is 0 Å². The topological polar surface area (TPSA) is 50.7 Å². The van der Waals surface area contributed by atoms with Gasteiger partial charge in [0.25, 0.3) is 0 Å². The lowest BCUT2D eigenvalue weighted by atomic mass is 10.1. The van der Waals surface area contributed by atoms with Crippen LogP contribution in [0.15, 0.2) is 42.5 Å². The largest absolute Gasteiger partial charge is 0.502 e. The zero-order valence-electron chi connectivity index (χ0n) is 12.6. The van der Waals surface area contributed by atoms with Crippen molar-refractivity contribution < 1.29 is 14.6 Å². The monoisotopic (exact) mass is 287 g/mol. The molecule has 0 fully saturated rings. The Morgan fingerprint density at radius 3 is 2.14 bits per heavy atom. The summed E-state index contributed by atoms with van der Waals surface area (Å²) < 4.78 is 10.3. The van der Waals surface area contributed by atoms with Crippen LogP contribution in [0.4, 0.5) is 0 Å². The van der Waals surface area contributed by atoms with Gasteiger partial charge < -0.3 is 19.9 Å². The first-order valence-corrected chi connectivity index (χ1v) is 6.88. The van der Waals surface area contributed by atoms with E-state index >= 15 is 0 Å². The van der Waals surface area contributed by atoms with Gasteiger partial charge in [0.2, 0.25) is 5.75 Å². The summed E-state index contributed by atoms with van der Waals surface area (Å²) in [5, 5.41) is 13.3. The van der Waals surface area contributed by atoms with Crippen LogP contribution in [0.3, 0.4) is 0 Å². The van der Waals surface area contributed by atoms with E-state index in [0.717, 1.165) is 5.56 Å². The van der Waals surface area contributed by atoms with Gasteiger partial charge in [-0.05, 0) is 30.2 Å². The molecule has 2 aromatic carbocycles. The number of ether oxygens (including phenoxy) is 2. The molecule has 1 unspecified atom stereocenters. The second-order valence-electron chi connectivity index (χ2n) is 4.86. The number of methoxy groups -OCH3 is 2. The average molecular weight is 287 g/mol. The Balaban J connectivity index is 2.09. The minimum absolute atomic E-state index is 0.0276. The standard InChI is InChI=1S/C17H21NO3/c1-12(14-7-5-4-6-8-14)18-11-13-9-15(20-2)17(19)16(10-13)21-3/h4-10,12,18-19H,11H2,1-3H3. The second-order valence-corrected chi connectivity index (χ2v) is 4.86. The molecule has 2 aromatic rings. The Bertz CT molecular complexity index is 559. The highest BCUT2D eigenvalue weighted by Crippen LogP contribution is 2.37. The predicted octanol–water partition coefficient (Wildman–Crippen LogP) is 3.26. The Morgan fingerprint density at radius 1 is 1.05 bits per heavy atom. The third kappa shape index (κ3) is 3.67. The molecule has 4 nitrogen and oxygen atoms in total. The van der Waals surface area contributed by atoms with E-state index in [1.54, 1.807) is 0 Å². The van der Waals surface area contributed by atoms with Gasteiger partial charge in [-0.3, -0.25) is 0 Å². The second kappa shape index (κ2) is 6.99. The van der Waals surface area contributed by atoms with E-state index in [1.165, 1.54) is 19.8 Å². The Hall–Kier alpha value is -2.20. The molecule has 4 heteroatoms. The number of benzene rings is 2. The van der Waals surface area contributed by atoms with Crippen LogP contribution in [-0.4, -0.2) is 19.3 Å². The van der Waals surface area contributed by atoms with Crippen LogP contribution < -0.4 is 14.8 Å². The molecule has 1 atom stereocenters. The van der Waals surface area contributed by atoms with Crippen LogP contribution in [0.25, 0.3) is 0 Å². The highest BCUT2D eigenvalue weighted by molar-refractivity contribution is 5.52. The summed E-state index contributed by atoms with van der Waals surface area (Å²) in [5.74, 6) is 0.858. The number of rotatable bonds is 6. The summed E-state index contributed by atoms with van der Waals surface area (Å²) in [4.78, 5) is 0. The lowest BCUT2D eigenvalue weighted by Gasteiger charge is -2.16. The van der Waals surface area contributed by atoms with E-state index in [1.807, 2.05) is 30.3 Å². The van der Waals surface area contributed by atoms with E-state index in [2.05, 4.69) is 24.4 Å². The molecule has 0 aliphatic heterocycles. The van der Waals surface area contributed by atoms with Crippen LogP contribution >= 0.6 is 0 Å². The first kappa shape index (κ1) is 15.2. The first-order chi connectivity index (χ1) is 10.2. The molecule has 2 N–H and O–H groups in total. The van der Waals surface area contributed by atoms with Crippen LogP contribution in [-0.2, 0) is 6.54 Å². The zero-order valence-corrected chi connectivity index (χ0v) is 12.6. The van der Waals surface area contributed by atoms with Crippen LogP contribution in [0.2, 0.25) is 0 Å². The van der Waals surface area contributed by atoms with Gasteiger partial charge in [-0.15, -0.1) is 0 Å². The predicted molar refractivity (Wildman–Crippen MR) is 82.9 cm³/mol. The molecule has 0 amide bonds. The van der Waals surface area contributed by atoms with Gasteiger partial charge >= 0.3 is 0 Å². The fourth-order valence-corrected chi connectivity index (χ4v) is 2.18. The van der Waals surface area contributed by atoms with Gasteiger partial charge in [-0.2, -0.15) is 0 Å². The van der Waals surface area contributed by atoms with Crippen molar-refractivity contribution in [3.05, 3.63) is 53.6 Å². The van der Waals surface area contributed by atoms with E-state index in [-0.39, 0.29) is 11.8 Å². The SMILES string of the molecule is COc1cc(CNC(C)c2ccccc2)cc(OC)c1O. The molecule has 0 heterocycles. The lowest BCUT2D eigenvalue weighted by Crippen LogP contribution is -2.18. The fraction of sp³-hybridized carbons (Fsp3) is 0.294. The van der Waals surface area contributed by atoms with Crippen molar-refractivity contribution in [2.24, 2.45) is 0 Å². The van der Waals surface area contributed by atoms with Crippen molar-refractivity contribution in [1.82, 2.24) is 5.32 Å². The molecule has 0 aromatic heterocycles. The van der Waals surface area contributed by atoms with Gasteiger partial charge in [0.05, 0.1) is 14.2 Å². The summed E-state index contributed by atoms with van der Waals surface area (Å²) in [7, 11) is 3.05. The number of phenols is 1. The van der Waals surface area contributed by atoms with Crippen molar-refractivity contribution in [3.63, 3.8) is 0 Å². The molecule has 2 rings (SSSR count). The normalized spacial score (nSPS) is 12.0. The Kier molecular flexibility index (Phi) is 5.06. The van der Waals surface area contributed by atoms with E-state index in [4.69, 9.17) is 9.47 Å². The maximum atomic E-state index is 9.90. The highest BCUT2D eigenvalue weighted by atomic mass is 16.5. The lowest BCUT2D eigenvalue weighted by molar-refractivity contribution is 0.339. The highest BCUT2D eigenvalue weighted by Gasteiger charge is 2.12. The Morgan fingerprint density at radius 2 is 1.62 bits per heavy atom. The van der Waals surface area contributed by atoms with Gasteiger partial charge in [0, 0.05) is 12.6 Å². The number of hydrogen-bond acceptors (Lipinski definition) is 4. The third-order valence-electron chi connectivity index (χ3n) is 3.45. The van der Waals surface area contributed by atoms with Crippen LogP contribution in [0, 0.1) is 0 Å². The minimum atomic E-state index is 0.0276. The zero-order chi connectivity index (χ0) is 15.2. The first-order valence-electron chi connectivity index (χ1n) is 6.88. The Labute approximate surface area is 125 Å². The maximum Gasteiger partial charge on any atom is 0.200 e. The summed E-state index contributed by atoms with van der Waals surface area (Å²) in [6, 6.07) is 14.1. The molecule has 112 valence electrons. The van der Waals surface area contributed by atoms with Crippen molar-refractivity contribution in [3.8, 4) is 17.2 Å². The molecule has 0 spiro atoms. The molecule has 0 aliphatic rings. The van der Waals surface area contributed by atoms with Crippen LogP contribution in [0.1, 0.15) is 24.1 Å². The summed E-state index contributed by atoms with van der Waals surface area (Å²) in [6.45, 7) is 2.77. The molecule has 0 bridgehead atoms. The van der Waals surface area contributed by atoms with E-state index < -0.39 is 0 Å². The summed E-state index contributed by atoms with van der Waals surface area (Å²) >= 11 is 0. The number of nitrogens with one attached hydrogen (secondary N) is 1. The summed E-state index contributed by atoms with van der Waals surface area (Å²) in [5.41, 5.74) is 2.22. The fourth-order valence-electron chi connectivity index (χ4n) is 2.18. The molecule has 0 saturated carbocycles. The van der Waals surface area contributed by atoms with Crippen molar-refractivity contribution in [2.45, 2.75) is 19.5 Å². The minimum Gasteiger partial charge on any atom is -0.502 e. The van der Waals surface area contributed by atoms with Crippen molar-refractivity contribution in [2.75, 3.05) is 14.2 Å². The van der Waals surface area contributed by atoms with Gasteiger partial charge in [-0.25, -0.2) is 0 Å². The van der Waals surface area contributed by atoms with E-state index in [9.17, 15) is 5.11 Å². The number of aromatic hydroxyl groups is 1. The van der Waals surface area contributed by atoms with E-state index in [0.29, 0.717) is 18.0 Å². The third-order valence-corrected chi connectivity index (χ3v) is 3.45. The van der Waals surface area contributed by atoms with Crippen LogP contribution in [0.5, 0.6) is 17.2 Å². The van der Waals surface area contributed by atoms with Crippen molar-refractivity contribution >= 4 is 0 Å². The van der Waals surface area contributed by atoms with Gasteiger partial charge in [0.15, 0.2) is 11.5 Å². The molecule has 0 aliphatic carbocycles. The number of phenolic OH excluding ortho intramolecular Hbond substituents is 1.